The quantitative estimate of drug-likeness (QED) is 0.0654. The third-order valence-corrected chi connectivity index (χ3v) is 5.65. The molecule has 8 rings (SSSR count). The largest absolute Gasteiger partial charge is 2.00 e. The fourth-order valence-electron chi connectivity index (χ4n) is 2.91. The summed E-state index contributed by atoms with van der Waals surface area (Å²) in [6, 6.07) is 28.0. The normalized spacial score (nSPS) is 7.50. The fourth-order valence-corrected chi connectivity index (χ4v) is 2.91. The van der Waals surface area contributed by atoms with Gasteiger partial charge in [0, 0.05) is 145 Å². The number of pyridine rings is 8. The number of nitrogen functional groups attached to an aromatic ring is 8. The Balaban J connectivity index is -0.0000000917. The molecule has 8 heterocycles. The van der Waals surface area contributed by atoms with Gasteiger partial charge in [0.25, 0.3) is 0 Å². The number of nitrogens with two attached hydrogens (primary N) is 8. The summed E-state index contributed by atoms with van der Waals surface area (Å²) in [5, 5.41) is 0. The zero-order valence-corrected chi connectivity index (χ0v) is 38.7. The molecule has 64 heavy (non-hydrogen) atoms. The van der Waals surface area contributed by atoms with Gasteiger partial charge in [-0.1, -0.05) is 0 Å². The Hall–Kier alpha value is -6.28. The number of halogens is 4. The van der Waals surface area contributed by atoms with Crippen molar-refractivity contribution in [3.8, 4) is 0 Å². The fraction of sp³-hybridized carbons (Fsp3) is 0. The van der Waals surface area contributed by atoms with Gasteiger partial charge in [-0.25, -0.2) is 0 Å². The standard InChI is InChI=1S/8C5H6N2.4ClH.2Cu.2H2O/c8*6-5-1-3-7-4-2-5;;;;;;;;/h8*1-4H,(H2,6,7);4*1H;;;2*1H2/q;;;;;;;;;;;;2*+2;;/p-4. The summed E-state index contributed by atoms with van der Waals surface area (Å²) in [5.74, 6) is 0. The molecule has 0 saturated heterocycles. The van der Waals surface area contributed by atoms with Gasteiger partial charge in [0.1, 0.15) is 0 Å². The number of anilines is 8. The molecular formula is C40H52Cl4Cu2N16O2. The Morgan fingerprint density at radius 2 is 0.250 bits per heavy atom. The summed E-state index contributed by atoms with van der Waals surface area (Å²) < 4.78 is 0. The van der Waals surface area contributed by atoms with Crippen LogP contribution in [0.5, 0.6) is 0 Å². The number of rotatable bonds is 0. The van der Waals surface area contributed by atoms with Crippen LogP contribution in [0, 0.1) is 0 Å². The molecule has 354 valence electrons. The van der Waals surface area contributed by atoms with Gasteiger partial charge in [0.15, 0.2) is 0 Å². The molecule has 20 N–H and O–H groups in total. The van der Waals surface area contributed by atoms with Crippen molar-refractivity contribution in [3.05, 3.63) is 196 Å². The van der Waals surface area contributed by atoms with Crippen LogP contribution in [0.1, 0.15) is 0 Å². The van der Waals surface area contributed by atoms with Crippen molar-refractivity contribution in [2.75, 3.05) is 45.9 Å². The van der Waals surface area contributed by atoms with E-state index in [1.807, 2.05) is 0 Å². The third kappa shape index (κ3) is 50.1. The van der Waals surface area contributed by atoms with E-state index in [1.54, 1.807) is 196 Å². The molecule has 2 radical (unpaired) electrons. The van der Waals surface area contributed by atoms with Gasteiger partial charge in [-0.3, -0.25) is 39.9 Å². The van der Waals surface area contributed by atoms with Gasteiger partial charge in [0.05, 0.1) is 0 Å². The Morgan fingerprint density at radius 1 is 0.188 bits per heavy atom. The van der Waals surface area contributed by atoms with E-state index < -0.39 is 0 Å². The predicted octanol–water partition coefficient (Wildman–Crippen LogP) is -8.33. The maximum absolute atomic E-state index is 5.32. The third-order valence-electron chi connectivity index (χ3n) is 5.65. The molecule has 0 aromatic carbocycles. The van der Waals surface area contributed by atoms with Gasteiger partial charge >= 0.3 is 34.1 Å². The summed E-state index contributed by atoms with van der Waals surface area (Å²) in [4.78, 5) is 30.1. The minimum Gasteiger partial charge on any atom is -1.00 e. The van der Waals surface area contributed by atoms with Gasteiger partial charge in [-0.15, -0.1) is 0 Å². The number of hydrogen-bond donors (Lipinski definition) is 8. The van der Waals surface area contributed by atoms with Crippen molar-refractivity contribution < 1.29 is 94.7 Å². The molecule has 18 nitrogen and oxygen atoms in total. The first-order valence-corrected chi connectivity index (χ1v) is 16.4. The van der Waals surface area contributed by atoms with Gasteiger partial charge < -0.3 is 106 Å². The van der Waals surface area contributed by atoms with Crippen LogP contribution >= 0.6 is 0 Å². The molecular weight excluding hydrogens is 1010 g/mol. The molecule has 0 saturated carbocycles. The molecule has 8 aromatic rings. The summed E-state index contributed by atoms with van der Waals surface area (Å²) >= 11 is 0. The minimum atomic E-state index is 0. The number of nitrogens with zero attached hydrogens (tertiary/aromatic N) is 8. The van der Waals surface area contributed by atoms with Crippen LogP contribution in [0.2, 0.25) is 0 Å². The van der Waals surface area contributed by atoms with E-state index >= 15 is 0 Å². The van der Waals surface area contributed by atoms with E-state index in [0.29, 0.717) is 0 Å². The van der Waals surface area contributed by atoms with Crippen molar-refractivity contribution in [1.29, 1.82) is 0 Å². The smallest absolute Gasteiger partial charge is 1.00 e. The van der Waals surface area contributed by atoms with E-state index in [9.17, 15) is 0 Å². The summed E-state index contributed by atoms with van der Waals surface area (Å²) in [7, 11) is 0. The maximum atomic E-state index is 5.32. The second kappa shape index (κ2) is 52.9. The first-order chi connectivity index (χ1) is 27.2. The van der Waals surface area contributed by atoms with Crippen molar-refractivity contribution in [3.63, 3.8) is 0 Å². The molecule has 8 aromatic heterocycles. The van der Waals surface area contributed by atoms with Crippen molar-refractivity contribution in [1.82, 2.24) is 39.9 Å². The van der Waals surface area contributed by atoms with E-state index in [0.717, 1.165) is 45.5 Å². The average molecular weight is 1060 g/mol. The Morgan fingerprint density at radius 3 is 0.281 bits per heavy atom. The second-order valence-corrected chi connectivity index (χ2v) is 10.2. The zero-order chi connectivity index (χ0) is 40.9. The number of aromatic nitrogens is 8. The summed E-state index contributed by atoms with van der Waals surface area (Å²) in [6.07, 6.45) is 26.6. The van der Waals surface area contributed by atoms with Crippen LogP contribution in [-0.4, -0.2) is 50.8 Å². The number of hydrogen-bond acceptors (Lipinski definition) is 16. The SMILES string of the molecule is Nc1ccncc1.Nc1ccncc1.Nc1ccncc1.Nc1ccncc1.Nc1ccncc1.Nc1ccncc1.Nc1ccncc1.Nc1ccncc1.O.O.[Cl-].[Cl-].[Cl-].[Cl-].[Cu+2].[Cu+2]. The Bertz CT molecular complexity index is 1580. The molecule has 0 unspecified atom stereocenters. The molecule has 0 atom stereocenters. The average Bonchev–Trinajstić information content (AvgIpc) is 3.22. The Kier molecular flexibility index (Phi) is 62.0. The monoisotopic (exact) mass is 1050 g/mol. The molecule has 0 aliphatic carbocycles. The molecule has 0 amide bonds. The van der Waals surface area contributed by atoms with Gasteiger partial charge in [-0.05, 0) is 97.1 Å². The van der Waals surface area contributed by atoms with Crippen LogP contribution in [0.4, 0.5) is 45.5 Å². The van der Waals surface area contributed by atoms with Crippen molar-refractivity contribution >= 4 is 45.5 Å². The predicted molar refractivity (Wildman–Crippen MR) is 236 cm³/mol. The topological polar surface area (TPSA) is 374 Å². The molecule has 0 spiro atoms. The van der Waals surface area contributed by atoms with Crippen LogP contribution in [0.15, 0.2) is 196 Å². The minimum absolute atomic E-state index is 0. The maximum Gasteiger partial charge on any atom is 2.00 e. The van der Waals surface area contributed by atoms with E-state index in [2.05, 4.69) is 39.9 Å². The zero-order valence-electron chi connectivity index (χ0n) is 33.8. The van der Waals surface area contributed by atoms with Crippen LogP contribution < -0.4 is 95.5 Å². The molecule has 0 fully saturated rings. The summed E-state index contributed by atoms with van der Waals surface area (Å²) in [5.41, 5.74) is 48.6. The van der Waals surface area contributed by atoms with Crippen molar-refractivity contribution in [2.45, 2.75) is 0 Å². The van der Waals surface area contributed by atoms with Crippen LogP contribution in [-0.2, 0) is 34.1 Å². The van der Waals surface area contributed by atoms with Crippen LogP contribution in [0.25, 0.3) is 0 Å². The van der Waals surface area contributed by atoms with Crippen LogP contribution in [0.3, 0.4) is 0 Å². The van der Waals surface area contributed by atoms with E-state index in [1.165, 1.54) is 0 Å². The van der Waals surface area contributed by atoms with Gasteiger partial charge in [0.2, 0.25) is 0 Å². The molecule has 24 heteroatoms. The molecule has 0 aliphatic heterocycles. The van der Waals surface area contributed by atoms with Crippen molar-refractivity contribution in [2.24, 2.45) is 0 Å². The van der Waals surface area contributed by atoms with Gasteiger partial charge in [-0.2, -0.15) is 0 Å². The van der Waals surface area contributed by atoms with E-state index in [4.69, 9.17) is 45.9 Å². The Labute approximate surface area is 419 Å². The first-order valence-electron chi connectivity index (χ1n) is 16.4. The molecule has 0 aliphatic rings. The molecule has 0 bridgehead atoms. The second-order valence-electron chi connectivity index (χ2n) is 10.2. The summed E-state index contributed by atoms with van der Waals surface area (Å²) in [6.45, 7) is 0. The first kappa shape index (κ1) is 75.1. The van der Waals surface area contributed by atoms with E-state index in [-0.39, 0.29) is 94.7 Å².